The van der Waals surface area contributed by atoms with Gasteiger partial charge in [0.1, 0.15) is 5.75 Å². The molecule has 0 spiro atoms. The second kappa shape index (κ2) is 9.09. The molecule has 0 atom stereocenters. The van der Waals surface area contributed by atoms with Crippen LogP contribution >= 0.6 is 0 Å². The lowest BCUT2D eigenvalue weighted by Gasteiger charge is -2.18. The Balaban J connectivity index is 1.70. The zero-order chi connectivity index (χ0) is 20.9. The Bertz CT molecular complexity index is 991. The Morgan fingerprint density at radius 3 is 2.45 bits per heavy atom. The molecule has 0 bridgehead atoms. The third-order valence-corrected chi connectivity index (χ3v) is 6.29. The van der Waals surface area contributed by atoms with E-state index in [2.05, 4.69) is 22.2 Å². The first kappa shape index (κ1) is 20.9. The second-order valence-corrected chi connectivity index (χ2v) is 8.85. The first-order valence-electron chi connectivity index (χ1n) is 9.50. The summed E-state index contributed by atoms with van der Waals surface area (Å²) in [4.78, 5) is 12.4. The van der Waals surface area contributed by atoms with Crippen LogP contribution in [0.1, 0.15) is 43.0 Å². The number of hydrazone groups is 1. The summed E-state index contributed by atoms with van der Waals surface area (Å²) in [5, 5.41) is 4.21. The van der Waals surface area contributed by atoms with Crippen molar-refractivity contribution in [3.8, 4) is 5.75 Å². The molecule has 2 N–H and O–H groups in total. The number of hydrogen-bond donors (Lipinski definition) is 2. The number of nitrogens with zero attached hydrogens (tertiary/aromatic N) is 1. The van der Waals surface area contributed by atoms with Gasteiger partial charge < -0.3 is 4.74 Å². The fourth-order valence-corrected chi connectivity index (χ4v) is 4.18. The SMILES string of the molecule is COc1ccc(NS(=O)(=O)c2cccc(C(=O)NN=C3CCC(C)CC3)c2)cc1. The highest BCUT2D eigenvalue weighted by molar-refractivity contribution is 7.92. The molecule has 8 heteroatoms. The summed E-state index contributed by atoms with van der Waals surface area (Å²) in [5.41, 5.74) is 4.15. The number of amides is 1. The summed E-state index contributed by atoms with van der Waals surface area (Å²) in [5.74, 6) is 0.878. The molecular weight excluding hydrogens is 390 g/mol. The van der Waals surface area contributed by atoms with E-state index < -0.39 is 15.9 Å². The van der Waals surface area contributed by atoms with Gasteiger partial charge in [0.25, 0.3) is 15.9 Å². The molecule has 29 heavy (non-hydrogen) atoms. The molecule has 0 unspecified atom stereocenters. The lowest BCUT2D eigenvalue weighted by Crippen LogP contribution is -2.22. The van der Waals surface area contributed by atoms with Crippen molar-refractivity contribution in [1.29, 1.82) is 0 Å². The number of hydrogen-bond acceptors (Lipinski definition) is 5. The van der Waals surface area contributed by atoms with E-state index in [1.807, 2.05) is 0 Å². The minimum Gasteiger partial charge on any atom is -0.497 e. The largest absolute Gasteiger partial charge is 0.497 e. The Kier molecular flexibility index (Phi) is 6.53. The number of rotatable bonds is 6. The quantitative estimate of drug-likeness (QED) is 0.702. The molecule has 1 aliphatic carbocycles. The average molecular weight is 416 g/mol. The number of carbonyl (C=O) groups is 1. The standard InChI is InChI=1S/C21H25N3O4S/c1-15-6-8-17(9-7-15)22-23-21(25)16-4-3-5-20(14-16)29(26,27)24-18-10-12-19(28-2)13-11-18/h3-5,10-15,24H,6-9H2,1-2H3,(H,23,25). The van der Waals surface area contributed by atoms with E-state index in [0.717, 1.165) is 31.4 Å². The molecule has 1 fully saturated rings. The molecule has 1 amide bonds. The molecule has 2 aromatic carbocycles. The summed E-state index contributed by atoms with van der Waals surface area (Å²) in [7, 11) is -2.30. The summed E-state index contributed by atoms with van der Waals surface area (Å²) in [6.45, 7) is 2.21. The predicted octanol–water partition coefficient (Wildman–Crippen LogP) is 3.79. The summed E-state index contributed by atoms with van der Waals surface area (Å²) in [6, 6.07) is 12.4. The van der Waals surface area contributed by atoms with Crippen molar-refractivity contribution in [2.75, 3.05) is 11.8 Å². The average Bonchev–Trinajstić information content (AvgIpc) is 2.73. The Hall–Kier alpha value is -2.87. The van der Waals surface area contributed by atoms with E-state index in [4.69, 9.17) is 4.74 Å². The van der Waals surface area contributed by atoms with Crippen LogP contribution in [0.3, 0.4) is 0 Å². The Morgan fingerprint density at radius 2 is 1.79 bits per heavy atom. The second-order valence-electron chi connectivity index (χ2n) is 7.16. The van der Waals surface area contributed by atoms with Gasteiger partial charge in [0.05, 0.1) is 12.0 Å². The highest BCUT2D eigenvalue weighted by Crippen LogP contribution is 2.22. The number of nitrogens with one attached hydrogen (secondary N) is 2. The van der Waals surface area contributed by atoms with E-state index in [9.17, 15) is 13.2 Å². The van der Waals surface area contributed by atoms with E-state index in [1.54, 1.807) is 30.3 Å². The van der Waals surface area contributed by atoms with Gasteiger partial charge in [0, 0.05) is 17.0 Å². The topological polar surface area (TPSA) is 96.9 Å². The van der Waals surface area contributed by atoms with Crippen LogP contribution in [0.15, 0.2) is 58.5 Å². The number of methoxy groups -OCH3 is 1. The number of anilines is 1. The van der Waals surface area contributed by atoms with Crippen LogP contribution in [0.2, 0.25) is 0 Å². The van der Waals surface area contributed by atoms with Gasteiger partial charge in [-0.15, -0.1) is 0 Å². The minimum absolute atomic E-state index is 0.000104. The lowest BCUT2D eigenvalue weighted by molar-refractivity contribution is 0.0954. The van der Waals surface area contributed by atoms with Crippen LogP contribution in [-0.4, -0.2) is 27.1 Å². The lowest BCUT2D eigenvalue weighted by atomic mass is 9.90. The maximum absolute atomic E-state index is 12.7. The first-order valence-corrected chi connectivity index (χ1v) is 11.0. The van der Waals surface area contributed by atoms with Crippen molar-refractivity contribution >= 4 is 27.3 Å². The van der Waals surface area contributed by atoms with Crippen molar-refractivity contribution < 1.29 is 17.9 Å². The number of benzene rings is 2. The molecule has 3 rings (SSSR count). The number of carbonyl (C=O) groups excluding carboxylic acids is 1. The summed E-state index contributed by atoms with van der Waals surface area (Å²) < 4.78 is 32.9. The van der Waals surface area contributed by atoms with Crippen molar-refractivity contribution in [1.82, 2.24) is 5.43 Å². The Morgan fingerprint density at radius 1 is 1.10 bits per heavy atom. The van der Waals surface area contributed by atoms with Crippen molar-refractivity contribution in [2.45, 2.75) is 37.5 Å². The van der Waals surface area contributed by atoms with Crippen LogP contribution in [0.25, 0.3) is 0 Å². The van der Waals surface area contributed by atoms with Gasteiger partial charge in [-0.05, 0) is 74.1 Å². The number of sulfonamides is 1. The Labute approximate surface area is 171 Å². The molecule has 1 aliphatic rings. The molecule has 0 aromatic heterocycles. The maximum atomic E-state index is 12.7. The van der Waals surface area contributed by atoms with Gasteiger partial charge in [-0.25, -0.2) is 13.8 Å². The normalized spacial score (nSPS) is 16.8. The van der Waals surface area contributed by atoms with Gasteiger partial charge in [0.15, 0.2) is 0 Å². The third kappa shape index (κ3) is 5.57. The molecular formula is C21H25N3O4S. The van der Waals surface area contributed by atoms with E-state index in [1.165, 1.54) is 25.3 Å². The zero-order valence-corrected chi connectivity index (χ0v) is 17.3. The molecule has 0 heterocycles. The molecule has 7 nitrogen and oxygen atoms in total. The van der Waals surface area contributed by atoms with Gasteiger partial charge in [-0.2, -0.15) is 5.10 Å². The van der Waals surface area contributed by atoms with E-state index >= 15 is 0 Å². The highest BCUT2D eigenvalue weighted by Gasteiger charge is 2.17. The highest BCUT2D eigenvalue weighted by atomic mass is 32.2. The molecule has 0 radical (unpaired) electrons. The molecule has 0 saturated heterocycles. The van der Waals surface area contributed by atoms with Crippen molar-refractivity contribution in [3.63, 3.8) is 0 Å². The molecule has 1 saturated carbocycles. The third-order valence-electron chi connectivity index (χ3n) is 4.92. The van der Waals surface area contributed by atoms with Crippen LogP contribution in [-0.2, 0) is 10.0 Å². The summed E-state index contributed by atoms with van der Waals surface area (Å²) >= 11 is 0. The molecule has 154 valence electrons. The van der Waals surface area contributed by atoms with Crippen LogP contribution < -0.4 is 14.9 Å². The van der Waals surface area contributed by atoms with Crippen LogP contribution in [0, 0.1) is 5.92 Å². The van der Waals surface area contributed by atoms with Gasteiger partial charge >= 0.3 is 0 Å². The molecule has 0 aliphatic heterocycles. The number of ether oxygens (including phenoxy) is 1. The van der Waals surface area contributed by atoms with Crippen molar-refractivity contribution in [3.05, 3.63) is 54.1 Å². The van der Waals surface area contributed by atoms with Crippen molar-refractivity contribution in [2.24, 2.45) is 11.0 Å². The minimum atomic E-state index is -3.84. The van der Waals surface area contributed by atoms with Gasteiger partial charge in [-0.1, -0.05) is 13.0 Å². The smallest absolute Gasteiger partial charge is 0.271 e. The first-order chi connectivity index (χ1) is 13.9. The van der Waals surface area contributed by atoms with Crippen LogP contribution in [0.5, 0.6) is 5.75 Å². The summed E-state index contributed by atoms with van der Waals surface area (Å²) in [6.07, 6.45) is 3.89. The fourth-order valence-electron chi connectivity index (χ4n) is 3.08. The maximum Gasteiger partial charge on any atom is 0.271 e. The zero-order valence-electron chi connectivity index (χ0n) is 16.5. The van der Waals surface area contributed by atoms with Gasteiger partial charge in [-0.3, -0.25) is 9.52 Å². The van der Waals surface area contributed by atoms with E-state index in [-0.39, 0.29) is 10.5 Å². The van der Waals surface area contributed by atoms with E-state index in [0.29, 0.717) is 17.4 Å². The predicted molar refractivity (Wildman–Crippen MR) is 113 cm³/mol. The van der Waals surface area contributed by atoms with Gasteiger partial charge in [0.2, 0.25) is 0 Å². The molecule has 2 aromatic rings. The fraction of sp³-hybridized carbons (Fsp3) is 0.333. The monoisotopic (exact) mass is 415 g/mol. The van der Waals surface area contributed by atoms with Crippen LogP contribution in [0.4, 0.5) is 5.69 Å².